The minimum absolute atomic E-state index is 0.113. The Hall–Kier alpha value is -3.87. The smallest absolute Gasteiger partial charge is 0.322 e. The van der Waals surface area contributed by atoms with Crippen LogP contribution in [0.5, 0.6) is 5.75 Å². The number of carbonyl (C=O) groups excluding carboxylic acids is 1. The minimum Gasteiger partial charge on any atom is -0.497 e. The predicted molar refractivity (Wildman–Crippen MR) is 119 cm³/mol. The molecule has 0 saturated carbocycles. The fourth-order valence-corrected chi connectivity index (χ4v) is 4.35. The van der Waals surface area contributed by atoms with Gasteiger partial charge in [0.05, 0.1) is 18.8 Å². The van der Waals surface area contributed by atoms with Crippen molar-refractivity contribution in [2.45, 2.75) is 12.5 Å². The first-order chi connectivity index (χ1) is 15.5. The van der Waals surface area contributed by atoms with Crippen LogP contribution in [0, 0.1) is 11.6 Å². The van der Waals surface area contributed by atoms with Crippen molar-refractivity contribution < 1.29 is 18.3 Å². The van der Waals surface area contributed by atoms with Crippen LogP contribution >= 0.6 is 0 Å². The molecule has 0 radical (unpaired) electrons. The largest absolute Gasteiger partial charge is 0.497 e. The van der Waals surface area contributed by atoms with Crippen LogP contribution in [0.3, 0.4) is 0 Å². The van der Waals surface area contributed by atoms with Gasteiger partial charge in [-0.3, -0.25) is 0 Å². The van der Waals surface area contributed by atoms with Gasteiger partial charge in [-0.2, -0.15) is 0 Å². The van der Waals surface area contributed by atoms with Crippen molar-refractivity contribution in [3.8, 4) is 5.75 Å². The lowest BCUT2D eigenvalue weighted by Crippen LogP contribution is -2.43. The molecule has 32 heavy (non-hydrogen) atoms. The average Bonchev–Trinajstić information content (AvgIpc) is 3.18. The van der Waals surface area contributed by atoms with Crippen molar-refractivity contribution >= 4 is 22.6 Å². The Balaban J connectivity index is 1.59. The lowest BCUT2D eigenvalue weighted by atomic mass is 9.92. The molecule has 0 fully saturated rings. The van der Waals surface area contributed by atoms with E-state index in [0.29, 0.717) is 13.0 Å². The number of H-pyrrole nitrogens is 1. The van der Waals surface area contributed by atoms with Gasteiger partial charge >= 0.3 is 6.03 Å². The number of urea groups is 1. The standard InChI is InChI=1S/C25H21F2N3O2/c1-32-17-10-11-21-19(14-17)18-12-13-30(25(31)29-22-5-3-2-4-20(22)27)24(23(18)28-21)15-6-8-16(26)9-7-15/h2-11,14,24,28H,12-13H2,1H3,(H,29,31)/t24-/m1/s1. The van der Waals surface area contributed by atoms with Crippen LogP contribution in [0.4, 0.5) is 19.3 Å². The Bertz CT molecular complexity index is 1300. The molecule has 162 valence electrons. The van der Waals surface area contributed by atoms with E-state index in [0.717, 1.165) is 33.5 Å². The Morgan fingerprint density at radius 2 is 1.88 bits per heavy atom. The number of hydrogen-bond donors (Lipinski definition) is 2. The number of amides is 2. The normalized spacial score (nSPS) is 15.5. The van der Waals surface area contributed by atoms with Gasteiger partial charge in [-0.15, -0.1) is 0 Å². The predicted octanol–water partition coefficient (Wildman–Crippen LogP) is 5.63. The van der Waals surface area contributed by atoms with Gasteiger partial charge in [0.25, 0.3) is 0 Å². The second-order valence-electron chi connectivity index (χ2n) is 7.74. The van der Waals surface area contributed by atoms with Crippen molar-refractivity contribution in [3.63, 3.8) is 0 Å². The summed E-state index contributed by atoms with van der Waals surface area (Å²) in [5, 5.41) is 3.71. The van der Waals surface area contributed by atoms with Crippen LogP contribution in [-0.4, -0.2) is 29.6 Å². The highest BCUT2D eigenvalue weighted by Crippen LogP contribution is 2.39. The van der Waals surface area contributed by atoms with Crippen molar-refractivity contribution in [2.75, 3.05) is 19.0 Å². The van der Waals surface area contributed by atoms with Gasteiger partial charge in [0, 0.05) is 23.1 Å². The summed E-state index contributed by atoms with van der Waals surface area (Å²) in [5.41, 5.74) is 3.74. The van der Waals surface area contributed by atoms with E-state index < -0.39 is 17.9 Å². The van der Waals surface area contributed by atoms with E-state index in [4.69, 9.17) is 4.74 Å². The van der Waals surface area contributed by atoms with Crippen molar-refractivity contribution in [2.24, 2.45) is 0 Å². The van der Waals surface area contributed by atoms with Crippen molar-refractivity contribution in [1.82, 2.24) is 9.88 Å². The van der Waals surface area contributed by atoms with Crippen molar-refractivity contribution in [1.29, 1.82) is 0 Å². The molecule has 0 unspecified atom stereocenters. The zero-order valence-corrected chi connectivity index (χ0v) is 17.4. The second-order valence-corrected chi connectivity index (χ2v) is 7.74. The zero-order chi connectivity index (χ0) is 22.2. The number of fused-ring (bicyclic) bond motifs is 3. The topological polar surface area (TPSA) is 57.4 Å². The number of halogens is 2. The number of rotatable bonds is 3. The molecule has 5 rings (SSSR count). The number of aromatic amines is 1. The number of benzene rings is 3. The quantitative estimate of drug-likeness (QED) is 0.440. The van der Waals surface area contributed by atoms with E-state index in [1.807, 2.05) is 18.2 Å². The van der Waals surface area contributed by atoms with Crippen LogP contribution in [0.2, 0.25) is 0 Å². The molecule has 7 heteroatoms. The van der Waals surface area contributed by atoms with Gasteiger partial charge in [0.1, 0.15) is 17.4 Å². The summed E-state index contributed by atoms with van der Waals surface area (Å²) in [6.07, 6.45) is 0.616. The summed E-state index contributed by atoms with van der Waals surface area (Å²) in [4.78, 5) is 18.3. The number of hydrogen-bond acceptors (Lipinski definition) is 2. The highest BCUT2D eigenvalue weighted by Gasteiger charge is 2.35. The maximum Gasteiger partial charge on any atom is 0.322 e. The molecule has 2 heterocycles. The maximum atomic E-state index is 14.1. The number of carbonyl (C=O) groups is 1. The molecule has 0 spiro atoms. The van der Waals surface area contributed by atoms with E-state index in [9.17, 15) is 13.6 Å². The first kappa shape index (κ1) is 20.1. The van der Waals surface area contributed by atoms with Crippen LogP contribution < -0.4 is 10.1 Å². The minimum atomic E-state index is -0.505. The van der Waals surface area contributed by atoms with Gasteiger partial charge in [-0.05, 0) is 60.0 Å². The summed E-state index contributed by atoms with van der Waals surface area (Å²) < 4.78 is 33.1. The summed E-state index contributed by atoms with van der Waals surface area (Å²) in [5.74, 6) is -0.111. The summed E-state index contributed by atoms with van der Waals surface area (Å²) in [7, 11) is 1.62. The molecule has 1 aliphatic rings. The molecule has 1 aromatic heterocycles. The average molecular weight is 433 g/mol. The van der Waals surface area contributed by atoms with Gasteiger partial charge in [0.2, 0.25) is 0 Å². The molecule has 2 N–H and O–H groups in total. The first-order valence-corrected chi connectivity index (χ1v) is 10.3. The fourth-order valence-electron chi connectivity index (χ4n) is 4.35. The fraction of sp³-hybridized carbons (Fsp3) is 0.160. The van der Waals surface area contributed by atoms with E-state index in [-0.39, 0.29) is 11.5 Å². The van der Waals surface area contributed by atoms with Crippen molar-refractivity contribution in [3.05, 3.63) is 95.2 Å². The number of nitrogens with one attached hydrogen (secondary N) is 2. The Labute approximate surface area is 183 Å². The molecular formula is C25H21F2N3O2. The van der Waals surface area contributed by atoms with E-state index >= 15 is 0 Å². The number of para-hydroxylation sites is 1. The summed E-state index contributed by atoms with van der Waals surface area (Å²) >= 11 is 0. The molecule has 0 aliphatic carbocycles. The van der Waals surface area contributed by atoms with Crippen LogP contribution in [0.15, 0.2) is 66.7 Å². The Morgan fingerprint density at radius 1 is 1.09 bits per heavy atom. The van der Waals surface area contributed by atoms with Gasteiger partial charge in [-0.25, -0.2) is 13.6 Å². The Morgan fingerprint density at radius 3 is 2.62 bits per heavy atom. The van der Waals surface area contributed by atoms with Crippen LogP contribution in [0.1, 0.15) is 22.9 Å². The lowest BCUT2D eigenvalue weighted by Gasteiger charge is -2.36. The van der Waals surface area contributed by atoms with E-state index in [1.165, 1.54) is 24.3 Å². The highest BCUT2D eigenvalue weighted by molar-refractivity contribution is 5.92. The number of methoxy groups -OCH3 is 1. The monoisotopic (exact) mass is 433 g/mol. The maximum absolute atomic E-state index is 14.1. The molecule has 2 amide bonds. The number of aromatic nitrogens is 1. The zero-order valence-electron chi connectivity index (χ0n) is 17.4. The van der Waals surface area contributed by atoms with Gasteiger partial charge in [0.15, 0.2) is 0 Å². The second kappa shape index (κ2) is 8.00. The van der Waals surface area contributed by atoms with Crippen LogP contribution in [0.25, 0.3) is 10.9 Å². The van der Waals surface area contributed by atoms with Crippen LogP contribution in [-0.2, 0) is 6.42 Å². The highest BCUT2D eigenvalue weighted by atomic mass is 19.1. The number of anilines is 1. The third kappa shape index (κ3) is 3.45. The SMILES string of the molecule is COc1ccc2[nH]c3c(c2c1)CCN(C(=O)Nc1ccccc1F)[C@@H]3c1ccc(F)cc1. The molecule has 1 aliphatic heterocycles. The van der Waals surface area contributed by atoms with E-state index in [2.05, 4.69) is 10.3 Å². The molecule has 3 aromatic carbocycles. The van der Waals surface area contributed by atoms with Gasteiger partial charge in [-0.1, -0.05) is 24.3 Å². The number of ether oxygens (including phenoxy) is 1. The number of nitrogens with zero attached hydrogens (tertiary/aromatic N) is 1. The molecule has 4 aromatic rings. The first-order valence-electron chi connectivity index (χ1n) is 10.3. The third-order valence-electron chi connectivity index (χ3n) is 5.90. The molecular weight excluding hydrogens is 412 g/mol. The molecule has 1 atom stereocenters. The summed E-state index contributed by atoms with van der Waals surface area (Å²) in [6.45, 7) is 0.416. The third-order valence-corrected chi connectivity index (χ3v) is 5.90. The van der Waals surface area contributed by atoms with Gasteiger partial charge < -0.3 is 19.9 Å². The Kier molecular flexibility index (Phi) is 5.01. The lowest BCUT2D eigenvalue weighted by molar-refractivity contribution is 0.193. The molecule has 0 saturated heterocycles. The molecule has 0 bridgehead atoms. The molecule has 5 nitrogen and oxygen atoms in total. The van der Waals surface area contributed by atoms with E-state index in [1.54, 1.807) is 36.3 Å². The summed E-state index contributed by atoms with van der Waals surface area (Å²) in [6, 6.07) is 17.0.